The SMILES string of the molecule is CC(c1ccccc1)N1C[C@H](O)[C@@H](O)[C@H](O)[C@@H]1CO. The van der Waals surface area contributed by atoms with Gasteiger partial charge < -0.3 is 20.4 Å². The lowest BCUT2D eigenvalue weighted by atomic mass is 9.91. The number of benzene rings is 1. The highest BCUT2D eigenvalue weighted by Gasteiger charge is 2.42. The Kier molecular flexibility index (Phi) is 4.54. The Balaban J connectivity index is 2.22. The zero-order valence-corrected chi connectivity index (χ0v) is 10.9. The van der Waals surface area contributed by atoms with Gasteiger partial charge in [-0.3, -0.25) is 4.90 Å². The van der Waals surface area contributed by atoms with Crippen molar-refractivity contribution in [3.63, 3.8) is 0 Å². The normalized spacial score (nSPS) is 34.2. The van der Waals surface area contributed by atoms with Crippen molar-refractivity contribution in [2.24, 2.45) is 0 Å². The van der Waals surface area contributed by atoms with Crippen LogP contribution in [-0.2, 0) is 0 Å². The molecule has 5 nitrogen and oxygen atoms in total. The molecule has 1 aromatic rings. The fourth-order valence-electron chi connectivity index (χ4n) is 2.69. The number of hydrogen-bond acceptors (Lipinski definition) is 5. The number of piperidine rings is 1. The summed E-state index contributed by atoms with van der Waals surface area (Å²) < 4.78 is 0. The monoisotopic (exact) mass is 267 g/mol. The summed E-state index contributed by atoms with van der Waals surface area (Å²) >= 11 is 0. The second-order valence-electron chi connectivity index (χ2n) is 5.08. The molecule has 0 amide bonds. The van der Waals surface area contributed by atoms with Gasteiger partial charge in [-0.15, -0.1) is 0 Å². The topological polar surface area (TPSA) is 84.2 Å². The molecule has 0 saturated carbocycles. The number of aliphatic hydroxyl groups is 4. The minimum atomic E-state index is -1.21. The average Bonchev–Trinajstić information content (AvgIpc) is 2.44. The highest BCUT2D eigenvalue weighted by atomic mass is 16.4. The van der Waals surface area contributed by atoms with E-state index in [1.54, 1.807) is 0 Å². The second kappa shape index (κ2) is 5.98. The molecule has 0 radical (unpaired) electrons. The molecule has 1 aliphatic rings. The van der Waals surface area contributed by atoms with Gasteiger partial charge in [0.1, 0.15) is 12.2 Å². The predicted octanol–water partition coefficient (Wildman–Crippen LogP) is -0.493. The predicted molar refractivity (Wildman–Crippen MR) is 70.5 cm³/mol. The van der Waals surface area contributed by atoms with E-state index in [-0.39, 0.29) is 19.2 Å². The van der Waals surface area contributed by atoms with Crippen LogP contribution in [0, 0.1) is 0 Å². The minimum Gasteiger partial charge on any atom is -0.395 e. The molecule has 1 fully saturated rings. The van der Waals surface area contributed by atoms with Crippen molar-refractivity contribution in [3.8, 4) is 0 Å². The lowest BCUT2D eigenvalue weighted by Crippen LogP contribution is -2.62. The van der Waals surface area contributed by atoms with E-state index in [0.717, 1.165) is 5.56 Å². The first-order valence-electron chi connectivity index (χ1n) is 6.52. The van der Waals surface area contributed by atoms with E-state index < -0.39 is 24.4 Å². The highest BCUT2D eigenvalue weighted by molar-refractivity contribution is 5.19. The minimum absolute atomic E-state index is 0.0600. The van der Waals surface area contributed by atoms with Crippen LogP contribution in [0.3, 0.4) is 0 Å². The molecule has 1 saturated heterocycles. The fourth-order valence-corrected chi connectivity index (χ4v) is 2.69. The van der Waals surface area contributed by atoms with Gasteiger partial charge in [-0.05, 0) is 12.5 Å². The van der Waals surface area contributed by atoms with E-state index >= 15 is 0 Å². The lowest BCUT2D eigenvalue weighted by Gasteiger charge is -2.46. The third kappa shape index (κ3) is 2.80. The van der Waals surface area contributed by atoms with Crippen LogP contribution in [0.15, 0.2) is 30.3 Å². The number of hydrogen-bond donors (Lipinski definition) is 4. The van der Waals surface area contributed by atoms with Gasteiger partial charge in [-0.2, -0.15) is 0 Å². The molecule has 1 unspecified atom stereocenters. The first-order valence-corrected chi connectivity index (χ1v) is 6.52. The first kappa shape index (κ1) is 14.4. The zero-order chi connectivity index (χ0) is 14.0. The Labute approximate surface area is 112 Å². The van der Waals surface area contributed by atoms with Crippen LogP contribution in [0.25, 0.3) is 0 Å². The van der Waals surface area contributed by atoms with Gasteiger partial charge in [-0.25, -0.2) is 0 Å². The maximum absolute atomic E-state index is 9.96. The summed E-state index contributed by atoms with van der Waals surface area (Å²) in [5.41, 5.74) is 1.04. The second-order valence-corrected chi connectivity index (χ2v) is 5.08. The molecular formula is C14H21NO4. The first-order chi connectivity index (χ1) is 9.06. The van der Waals surface area contributed by atoms with Gasteiger partial charge in [0.25, 0.3) is 0 Å². The molecule has 5 heteroatoms. The Hall–Kier alpha value is -0.980. The van der Waals surface area contributed by atoms with Crippen LogP contribution >= 0.6 is 0 Å². The number of nitrogens with zero attached hydrogens (tertiary/aromatic N) is 1. The van der Waals surface area contributed by atoms with Crippen LogP contribution in [0.2, 0.25) is 0 Å². The zero-order valence-electron chi connectivity index (χ0n) is 10.9. The van der Waals surface area contributed by atoms with Crippen molar-refractivity contribution in [1.29, 1.82) is 0 Å². The van der Waals surface area contributed by atoms with E-state index in [9.17, 15) is 20.4 Å². The summed E-state index contributed by atoms with van der Waals surface area (Å²) in [6.45, 7) is 1.91. The number of rotatable bonds is 3. The molecule has 106 valence electrons. The van der Waals surface area contributed by atoms with E-state index in [1.807, 2.05) is 42.2 Å². The molecular weight excluding hydrogens is 246 g/mol. The molecule has 0 spiro atoms. The van der Waals surface area contributed by atoms with Crippen LogP contribution in [0.1, 0.15) is 18.5 Å². The smallest absolute Gasteiger partial charge is 0.109 e. The summed E-state index contributed by atoms with van der Waals surface area (Å²) in [6.07, 6.45) is -3.37. The molecule has 0 aromatic heterocycles. The van der Waals surface area contributed by atoms with Gasteiger partial charge in [-0.1, -0.05) is 30.3 Å². The summed E-state index contributed by atoms with van der Waals surface area (Å²) in [5, 5.41) is 38.9. The molecule has 4 N–H and O–H groups in total. The van der Waals surface area contributed by atoms with E-state index in [4.69, 9.17) is 0 Å². The number of aliphatic hydroxyl groups excluding tert-OH is 4. The lowest BCUT2D eigenvalue weighted by molar-refractivity contribution is -0.153. The van der Waals surface area contributed by atoms with Gasteiger partial charge in [0.2, 0.25) is 0 Å². The maximum atomic E-state index is 9.96. The Morgan fingerprint density at radius 1 is 1.16 bits per heavy atom. The van der Waals surface area contributed by atoms with Crippen molar-refractivity contribution in [1.82, 2.24) is 4.90 Å². The molecule has 1 aliphatic heterocycles. The molecule has 0 aliphatic carbocycles. The summed E-state index contributed by atoms with van der Waals surface area (Å²) in [5.74, 6) is 0. The maximum Gasteiger partial charge on any atom is 0.109 e. The van der Waals surface area contributed by atoms with Crippen molar-refractivity contribution >= 4 is 0 Å². The average molecular weight is 267 g/mol. The number of β-amino-alcohol motifs (C(OH)–C–C–N with tert-alkyl or cyclic N) is 1. The van der Waals surface area contributed by atoms with Crippen molar-refractivity contribution in [2.75, 3.05) is 13.2 Å². The van der Waals surface area contributed by atoms with Gasteiger partial charge in [0.05, 0.1) is 18.8 Å². The van der Waals surface area contributed by atoms with Crippen molar-refractivity contribution < 1.29 is 20.4 Å². The third-order valence-corrected chi connectivity index (χ3v) is 3.93. The molecule has 1 aromatic carbocycles. The molecule has 5 atom stereocenters. The van der Waals surface area contributed by atoms with Crippen LogP contribution in [-0.4, -0.2) is 62.8 Å². The van der Waals surface area contributed by atoms with Gasteiger partial charge in [0, 0.05) is 12.6 Å². The standard InChI is InChI=1S/C14H21NO4/c1-9(10-5-3-2-4-6-10)15-7-12(17)14(19)13(18)11(15)8-16/h2-6,9,11-14,16-19H,7-8H2,1H3/t9?,11-,12-,13+,14+/m0/s1. The summed E-state index contributed by atoms with van der Waals surface area (Å²) in [7, 11) is 0. The number of likely N-dealkylation sites (tertiary alicyclic amines) is 1. The highest BCUT2D eigenvalue weighted by Crippen LogP contribution is 2.28. The molecule has 2 rings (SSSR count). The quantitative estimate of drug-likeness (QED) is 0.594. The Morgan fingerprint density at radius 2 is 1.79 bits per heavy atom. The van der Waals surface area contributed by atoms with Crippen LogP contribution in [0.4, 0.5) is 0 Å². The van der Waals surface area contributed by atoms with Gasteiger partial charge in [0.15, 0.2) is 0 Å². The summed E-state index contributed by atoms with van der Waals surface area (Å²) in [6, 6.07) is 9.05. The Bertz CT molecular complexity index is 400. The van der Waals surface area contributed by atoms with Crippen LogP contribution in [0.5, 0.6) is 0 Å². The Morgan fingerprint density at radius 3 is 2.37 bits per heavy atom. The molecule has 1 heterocycles. The van der Waals surface area contributed by atoms with Crippen molar-refractivity contribution in [3.05, 3.63) is 35.9 Å². The van der Waals surface area contributed by atoms with Crippen molar-refractivity contribution in [2.45, 2.75) is 37.3 Å². The van der Waals surface area contributed by atoms with E-state index in [2.05, 4.69) is 0 Å². The molecule has 19 heavy (non-hydrogen) atoms. The molecule has 0 bridgehead atoms. The third-order valence-electron chi connectivity index (χ3n) is 3.93. The van der Waals surface area contributed by atoms with Gasteiger partial charge >= 0.3 is 0 Å². The largest absolute Gasteiger partial charge is 0.395 e. The van der Waals surface area contributed by atoms with Crippen LogP contribution < -0.4 is 0 Å². The fraction of sp³-hybridized carbons (Fsp3) is 0.571. The van der Waals surface area contributed by atoms with E-state index in [0.29, 0.717) is 0 Å². The summed E-state index contributed by atoms with van der Waals surface area (Å²) in [4.78, 5) is 1.83. The van der Waals surface area contributed by atoms with E-state index in [1.165, 1.54) is 0 Å².